The number of aromatic nitrogens is 3. The highest BCUT2D eigenvalue weighted by atomic mass is 16.5. The standard InChI is InChI=1S/C17H22N4O/c1-3-13-11-16(21(2)12-14-7-6-10-22-14)20-17(19-13)15-8-4-5-9-18-15/h4-5,8-9,11,14H,3,6-7,10,12H2,1-2H3. The van der Waals surface area contributed by atoms with Crippen molar-refractivity contribution < 1.29 is 4.74 Å². The third kappa shape index (κ3) is 3.42. The molecular formula is C17H22N4O. The zero-order valence-electron chi connectivity index (χ0n) is 13.2. The van der Waals surface area contributed by atoms with Crippen LogP contribution in [0.1, 0.15) is 25.5 Å². The van der Waals surface area contributed by atoms with E-state index in [4.69, 9.17) is 9.72 Å². The molecule has 1 unspecified atom stereocenters. The summed E-state index contributed by atoms with van der Waals surface area (Å²) in [7, 11) is 2.06. The van der Waals surface area contributed by atoms with Gasteiger partial charge in [-0.1, -0.05) is 13.0 Å². The van der Waals surface area contributed by atoms with Gasteiger partial charge < -0.3 is 9.64 Å². The quantitative estimate of drug-likeness (QED) is 0.849. The van der Waals surface area contributed by atoms with Crippen LogP contribution in [0.5, 0.6) is 0 Å². The van der Waals surface area contributed by atoms with Gasteiger partial charge in [-0.05, 0) is 31.4 Å². The van der Waals surface area contributed by atoms with Crippen LogP contribution in [0.15, 0.2) is 30.5 Å². The number of aryl methyl sites for hydroxylation is 1. The number of nitrogens with zero attached hydrogens (tertiary/aromatic N) is 4. The van der Waals surface area contributed by atoms with Gasteiger partial charge in [0.25, 0.3) is 0 Å². The smallest absolute Gasteiger partial charge is 0.180 e. The van der Waals surface area contributed by atoms with Crippen LogP contribution in [0.3, 0.4) is 0 Å². The average molecular weight is 298 g/mol. The van der Waals surface area contributed by atoms with E-state index in [1.54, 1.807) is 6.20 Å². The van der Waals surface area contributed by atoms with Gasteiger partial charge in [-0.25, -0.2) is 9.97 Å². The van der Waals surface area contributed by atoms with Crippen molar-refractivity contribution >= 4 is 5.82 Å². The third-order valence-corrected chi connectivity index (χ3v) is 3.91. The predicted molar refractivity (Wildman–Crippen MR) is 86.9 cm³/mol. The highest BCUT2D eigenvalue weighted by Gasteiger charge is 2.19. The number of hydrogen-bond acceptors (Lipinski definition) is 5. The van der Waals surface area contributed by atoms with Crippen LogP contribution in [-0.4, -0.2) is 41.3 Å². The van der Waals surface area contributed by atoms with E-state index in [9.17, 15) is 0 Å². The number of ether oxygens (including phenoxy) is 1. The molecule has 0 saturated carbocycles. The fourth-order valence-electron chi connectivity index (χ4n) is 2.66. The maximum atomic E-state index is 5.72. The summed E-state index contributed by atoms with van der Waals surface area (Å²) in [5.74, 6) is 1.62. The summed E-state index contributed by atoms with van der Waals surface area (Å²) in [5.41, 5.74) is 1.84. The molecule has 116 valence electrons. The Morgan fingerprint density at radius 2 is 2.23 bits per heavy atom. The van der Waals surface area contributed by atoms with Crippen molar-refractivity contribution in [2.24, 2.45) is 0 Å². The Balaban J connectivity index is 1.86. The Labute approximate surface area is 131 Å². The van der Waals surface area contributed by atoms with Crippen molar-refractivity contribution in [2.75, 3.05) is 25.1 Å². The first-order valence-corrected chi connectivity index (χ1v) is 7.88. The second-order valence-electron chi connectivity index (χ2n) is 5.63. The van der Waals surface area contributed by atoms with Gasteiger partial charge >= 0.3 is 0 Å². The summed E-state index contributed by atoms with van der Waals surface area (Å²) in [4.78, 5) is 15.8. The summed E-state index contributed by atoms with van der Waals surface area (Å²) >= 11 is 0. The van der Waals surface area contributed by atoms with E-state index < -0.39 is 0 Å². The zero-order chi connectivity index (χ0) is 15.4. The van der Waals surface area contributed by atoms with Crippen LogP contribution in [-0.2, 0) is 11.2 Å². The first-order chi connectivity index (χ1) is 10.8. The molecule has 3 rings (SSSR count). The van der Waals surface area contributed by atoms with Gasteiger partial charge in [0.05, 0.1) is 6.10 Å². The van der Waals surface area contributed by atoms with E-state index in [1.165, 1.54) is 0 Å². The number of hydrogen-bond donors (Lipinski definition) is 0. The van der Waals surface area contributed by atoms with Gasteiger partial charge in [-0.15, -0.1) is 0 Å². The maximum Gasteiger partial charge on any atom is 0.180 e. The van der Waals surface area contributed by atoms with Gasteiger partial charge in [-0.3, -0.25) is 4.98 Å². The summed E-state index contributed by atoms with van der Waals surface area (Å²) in [6.45, 7) is 3.85. The monoisotopic (exact) mass is 298 g/mol. The van der Waals surface area contributed by atoms with Gasteiger partial charge in [0.2, 0.25) is 0 Å². The Kier molecular flexibility index (Phi) is 4.63. The molecule has 2 aromatic rings. The van der Waals surface area contributed by atoms with E-state index in [1.807, 2.05) is 18.2 Å². The van der Waals surface area contributed by atoms with Crippen molar-refractivity contribution in [3.63, 3.8) is 0 Å². The normalized spacial score (nSPS) is 17.6. The molecule has 22 heavy (non-hydrogen) atoms. The van der Waals surface area contributed by atoms with Crippen LogP contribution >= 0.6 is 0 Å². The lowest BCUT2D eigenvalue weighted by Gasteiger charge is -2.22. The lowest BCUT2D eigenvalue weighted by atomic mass is 10.2. The highest BCUT2D eigenvalue weighted by molar-refractivity contribution is 5.53. The Bertz CT molecular complexity index is 611. The summed E-state index contributed by atoms with van der Waals surface area (Å²) < 4.78 is 5.72. The molecule has 0 N–H and O–H groups in total. The van der Waals surface area contributed by atoms with Crippen molar-refractivity contribution in [3.05, 3.63) is 36.2 Å². The van der Waals surface area contributed by atoms with Gasteiger partial charge in [0.1, 0.15) is 11.5 Å². The third-order valence-electron chi connectivity index (χ3n) is 3.91. The Morgan fingerprint density at radius 3 is 2.91 bits per heavy atom. The van der Waals surface area contributed by atoms with Crippen LogP contribution in [0.25, 0.3) is 11.5 Å². The molecule has 1 saturated heterocycles. The molecule has 2 aromatic heterocycles. The molecule has 5 nitrogen and oxygen atoms in total. The van der Waals surface area contributed by atoms with Gasteiger partial charge in [0.15, 0.2) is 5.82 Å². The van der Waals surface area contributed by atoms with Crippen molar-refractivity contribution in [3.8, 4) is 11.5 Å². The Morgan fingerprint density at radius 1 is 1.32 bits per heavy atom. The van der Waals surface area contributed by atoms with Crippen LogP contribution < -0.4 is 4.90 Å². The van der Waals surface area contributed by atoms with E-state index in [0.29, 0.717) is 11.9 Å². The van der Waals surface area contributed by atoms with Crippen LogP contribution in [0.4, 0.5) is 5.82 Å². The van der Waals surface area contributed by atoms with E-state index in [2.05, 4.69) is 34.9 Å². The SMILES string of the molecule is CCc1cc(N(C)CC2CCCO2)nc(-c2ccccn2)n1. The lowest BCUT2D eigenvalue weighted by Crippen LogP contribution is -2.29. The number of anilines is 1. The van der Waals surface area contributed by atoms with Crippen LogP contribution in [0, 0.1) is 0 Å². The fourth-order valence-corrected chi connectivity index (χ4v) is 2.66. The van der Waals surface area contributed by atoms with Crippen LogP contribution in [0.2, 0.25) is 0 Å². The minimum atomic E-state index is 0.309. The maximum absolute atomic E-state index is 5.72. The van der Waals surface area contributed by atoms with Crippen molar-refractivity contribution in [1.29, 1.82) is 0 Å². The molecule has 0 aliphatic carbocycles. The summed E-state index contributed by atoms with van der Waals surface area (Å²) in [6, 6.07) is 7.86. The zero-order valence-corrected chi connectivity index (χ0v) is 13.2. The van der Waals surface area contributed by atoms with Crippen molar-refractivity contribution in [1.82, 2.24) is 15.0 Å². The Hall–Kier alpha value is -2.01. The molecule has 0 amide bonds. The van der Waals surface area contributed by atoms with E-state index in [-0.39, 0.29) is 0 Å². The molecule has 0 radical (unpaired) electrons. The molecule has 0 aromatic carbocycles. The molecule has 0 spiro atoms. The number of rotatable bonds is 5. The van der Waals surface area contributed by atoms with Crippen molar-refractivity contribution in [2.45, 2.75) is 32.3 Å². The molecule has 5 heteroatoms. The van der Waals surface area contributed by atoms with Gasteiger partial charge in [0, 0.05) is 38.2 Å². The molecular weight excluding hydrogens is 276 g/mol. The predicted octanol–water partition coefficient (Wildman–Crippen LogP) is 2.72. The lowest BCUT2D eigenvalue weighted by molar-refractivity contribution is 0.116. The molecule has 1 aliphatic heterocycles. The molecule has 1 aliphatic rings. The summed E-state index contributed by atoms with van der Waals surface area (Å²) in [5, 5.41) is 0. The second kappa shape index (κ2) is 6.83. The highest BCUT2D eigenvalue weighted by Crippen LogP contribution is 2.20. The minimum Gasteiger partial charge on any atom is -0.376 e. The minimum absolute atomic E-state index is 0.309. The van der Waals surface area contributed by atoms with Gasteiger partial charge in [-0.2, -0.15) is 0 Å². The number of likely N-dealkylation sites (N-methyl/N-ethyl adjacent to an activating group) is 1. The number of pyridine rings is 1. The molecule has 1 fully saturated rings. The summed E-state index contributed by atoms with van der Waals surface area (Å²) in [6.07, 6.45) is 5.24. The molecule has 0 bridgehead atoms. The topological polar surface area (TPSA) is 51.1 Å². The largest absolute Gasteiger partial charge is 0.376 e. The first kappa shape index (κ1) is 14.9. The molecule has 1 atom stereocenters. The first-order valence-electron chi connectivity index (χ1n) is 7.88. The van der Waals surface area contributed by atoms with E-state index in [0.717, 1.165) is 49.6 Å². The molecule has 3 heterocycles. The second-order valence-corrected chi connectivity index (χ2v) is 5.63. The van der Waals surface area contributed by atoms with E-state index >= 15 is 0 Å². The average Bonchev–Trinajstić information content (AvgIpc) is 3.08. The fraction of sp³-hybridized carbons (Fsp3) is 0.471.